The highest BCUT2D eigenvalue weighted by molar-refractivity contribution is 5.61. The summed E-state index contributed by atoms with van der Waals surface area (Å²) in [7, 11) is 1.89. The van der Waals surface area contributed by atoms with Crippen molar-refractivity contribution in [3.63, 3.8) is 0 Å². The van der Waals surface area contributed by atoms with Gasteiger partial charge in [0.05, 0.1) is 0 Å². The average molecular weight is 399 g/mol. The van der Waals surface area contributed by atoms with Crippen molar-refractivity contribution < 1.29 is 18.8 Å². The molecule has 1 aromatic heterocycles. The number of halogens is 1. The Morgan fingerprint density at radius 1 is 1.17 bits per heavy atom. The fourth-order valence-electron chi connectivity index (χ4n) is 3.02. The fraction of sp³-hybridized carbons (Fsp3) is 0.364. The van der Waals surface area contributed by atoms with E-state index in [2.05, 4.69) is 10.1 Å². The van der Waals surface area contributed by atoms with Crippen molar-refractivity contribution in [2.45, 2.75) is 33.0 Å². The van der Waals surface area contributed by atoms with Crippen LogP contribution < -0.4 is 4.74 Å². The van der Waals surface area contributed by atoms with E-state index in [1.807, 2.05) is 62.2 Å². The zero-order valence-electron chi connectivity index (χ0n) is 16.9. The van der Waals surface area contributed by atoms with Crippen LogP contribution in [0.5, 0.6) is 5.75 Å². The maximum absolute atomic E-state index is 12.3. The number of nitrogens with zero attached hydrogens (tertiary/aromatic N) is 3. The minimum absolute atomic E-state index is 0.0358. The number of aliphatic hydroxyl groups is 1. The van der Waals surface area contributed by atoms with Gasteiger partial charge < -0.3 is 14.4 Å². The van der Waals surface area contributed by atoms with Gasteiger partial charge in [-0.2, -0.15) is 4.98 Å². The molecule has 7 heteroatoms. The van der Waals surface area contributed by atoms with Gasteiger partial charge in [0.25, 0.3) is 5.89 Å². The second-order valence-corrected chi connectivity index (χ2v) is 6.94. The largest absolute Gasteiger partial charge is 0.491 e. The summed E-state index contributed by atoms with van der Waals surface area (Å²) in [5, 5.41) is 14.0. The fourth-order valence-corrected chi connectivity index (χ4v) is 3.02. The lowest BCUT2D eigenvalue weighted by molar-refractivity contribution is 0.0143. The van der Waals surface area contributed by atoms with Crippen LogP contribution in [-0.2, 0) is 6.54 Å². The SMILES string of the molecule is CCC(O)N(C)Cc1ccc(-c2noc(-c3ccc(OCCF)c(C)c3)n2)cc1. The number of hydrogen-bond acceptors (Lipinski definition) is 6. The van der Waals surface area contributed by atoms with Crippen molar-refractivity contribution in [1.82, 2.24) is 15.0 Å². The molecule has 0 aliphatic rings. The smallest absolute Gasteiger partial charge is 0.258 e. The molecule has 0 saturated carbocycles. The number of benzene rings is 2. The molecule has 0 aliphatic heterocycles. The topological polar surface area (TPSA) is 71.6 Å². The Morgan fingerprint density at radius 2 is 1.90 bits per heavy atom. The first-order valence-corrected chi connectivity index (χ1v) is 9.63. The quantitative estimate of drug-likeness (QED) is 0.543. The van der Waals surface area contributed by atoms with Crippen LogP contribution in [0.25, 0.3) is 22.8 Å². The number of ether oxygens (including phenoxy) is 1. The first-order valence-electron chi connectivity index (χ1n) is 9.63. The molecule has 0 amide bonds. The summed E-state index contributed by atoms with van der Waals surface area (Å²) in [5.41, 5.74) is 3.59. The Labute approximate surface area is 169 Å². The summed E-state index contributed by atoms with van der Waals surface area (Å²) >= 11 is 0. The molecule has 1 N–H and O–H groups in total. The van der Waals surface area contributed by atoms with Crippen molar-refractivity contribution in [2.75, 3.05) is 20.3 Å². The number of aliphatic hydroxyl groups excluding tert-OH is 1. The summed E-state index contributed by atoms with van der Waals surface area (Å²) in [5.74, 6) is 1.55. The second-order valence-electron chi connectivity index (χ2n) is 6.94. The zero-order chi connectivity index (χ0) is 20.8. The van der Waals surface area contributed by atoms with Gasteiger partial charge in [-0.3, -0.25) is 4.90 Å². The van der Waals surface area contributed by atoms with Crippen LogP contribution in [0, 0.1) is 6.92 Å². The molecule has 0 spiro atoms. The Hall–Kier alpha value is -2.77. The zero-order valence-corrected chi connectivity index (χ0v) is 16.9. The van der Waals surface area contributed by atoms with Crippen molar-refractivity contribution in [1.29, 1.82) is 0 Å². The first-order chi connectivity index (χ1) is 14.0. The van der Waals surface area contributed by atoms with Crippen LogP contribution in [0.1, 0.15) is 24.5 Å². The third-order valence-electron chi connectivity index (χ3n) is 4.70. The molecule has 0 radical (unpaired) electrons. The Kier molecular flexibility index (Phi) is 6.95. The number of aryl methyl sites for hydroxylation is 1. The van der Waals surface area contributed by atoms with Gasteiger partial charge >= 0.3 is 0 Å². The van der Waals surface area contributed by atoms with E-state index < -0.39 is 12.9 Å². The van der Waals surface area contributed by atoms with Gasteiger partial charge in [-0.05, 0) is 49.7 Å². The summed E-state index contributed by atoms with van der Waals surface area (Å²) in [6.07, 6.45) is 0.231. The number of hydrogen-bond donors (Lipinski definition) is 1. The molecule has 1 atom stereocenters. The Balaban J connectivity index is 1.72. The highest BCUT2D eigenvalue weighted by atomic mass is 19.1. The summed E-state index contributed by atoms with van der Waals surface area (Å²) in [4.78, 5) is 6.38. The van der Waals surface area contributed by atoms with Crippen LogP contribution in [0.2, 0.25) is 0 Å². The molecule has 0 saturated heterocycles. The number of alkyl halides is 1. The van der Waals surface area contributed by atoms with E-state index in [1.165, 1.54) is 0 Å². The molecule has 0 aliphatic carbocycles. The molecular weight excluding hydrogens is 373 g/mol. The van der Waals surface area contributed by atoms with Gasteiger partial charge in [-0.15, -0.1) is 0 Å². The van der Waals surface area contributed by atoms with Crippen molar-refractivity contribution >= 4 is 0 Å². The van der Waals surface area contributed by atoms with E-state index in [0.717, 1.165) is 22.3 Å². The minimum atomic E-state index is -0.525. The van der Waals surface area contributed by atoms with E-state index >= 15 is 0 Å². The molecule has 3 rings (SSSR count). The van der Waals surface area contributed by atoms with E-state index in [0.29, 0.717) is 30.4 Å². The van der Waals surface area contributed by atoms with Crippen LogP contribution in [0.4, 0.5) is 4.39 Å². The molecular formula is C22H26FN3O3. The van der Waals surface area contributed by atoms with E-state index in [9.17, 15) is 9.50 Å². The van der Waals surface area contributed by atoms with Gasteiger partial charge in [-0.1, -0.05) is 36.3 Å². The van der Waals surface area contributed by atoms with Gasteiger partial charge in [0.15, 0.2) is 0 Å². The standard InChI is InChI=1S/C22H26FN3O3/c1-4-20(27)26(3)14-16-5-7-17(8-6-16)21-24-22(29-25-21)18-9-10-19(15(2)13-18)28-12-11-23/h5-10,13,20,27H,4,11-12,14H2,1-3H3. The van der Waals surface area contributed by atoms with E-state index in [-0.39, 0.29) is 6.61 Å². The lowest BCUT2D eigenvalue weighted by Gasteiger charge is -2.22. The molecule has 3 aromatic rings. The molecule has 29 heavy (non-hydrogen) atoms. The summed E-state index contributed by atoms with van der Waals surface area (Å²) < 4.78 is 23.1. The van der Waals surface area contributed by atoms with E-state index in [1.54, 1.807) is 6.07 Å². The van der Waals surface area contributed by atoms with Crippen LogP contribution >= 0.6 is 0 Å². The lowest BCUT2D eigenvalue weighted by atomic mass is 10.1. The molecule has 0 bridgehead atoms. The summed E-state index contributed by atoms with van der Waals surface area (Å²) in [6, 6.07) is 13.3. The van der Waals surface area contributed by atoms with Gasteiger partial charge in [0.2, 0.25) is 5.82 Å². The van der Waals surface area contributed by atoms with Gasteiger partial charge in [-0.25, -0.2) is 4.39 Å². The monoisotopic (exact) mass is 399 g/mol. The maximum Gasteiger partial charge on any atom is 0.258 e. The Bertz CT molecular complexity index is 927. The summed E-state index contributed by atoms with van der Waals surface area (Å²) in [6.45, 7) is 4.00. The maximum atomic E-state index is 12.3. The highest BCUT2D eigenvalue weighted by Crippen LogP contribution is 2.27. The Morgan fingerprint density at radius 3 is 2.55 bits per heavy atom. The lowest BCUT2D eigenvalue weighted by Crippen LogP contribution is -2.30. The molecule has 0 fully saturated rings. The molecule has 2 aromatic carbocycles. The van der Waals surface area contributed by atoms with Crippen LogP contribution in [-0.4, -0.2) is 46.7 Å². The predicted molar refractivity (Wildman–Crippen MR) is 109 cm³/mol. The molecule has 1 heterocycles. The number of aromatic nitrogens is 2. The van der Waals surface area contributed by atoms with Crippen molar-refractivity contribution in [3.8, 4) is 28.6 Å². The molecule has 1 unspecified atom stereocenters. The van der Waals surface area contributed by atoms with Gasteiger partial charge in [0.1, 0.15) is 25.3 Å². The second kappa shape index (κ2) is 9.62. The van der Waals surface area contributed by atoms with Gasteiger partial charge in [0, 0.05) is 17.7 Å². The van der Waals surface area contributed by atoms with Crippen molar-refractivity contribution in [3.05, 3.63) is 53.6 Å². The molecule has 6 nitrogen and oxygen atoms in total. The third kappa shape index (κ3) is 5.19. The predicted octanol–water partition coefficient (Wildman–Crippen LogP) is 4.22. The normalized spacial score (nSPS) is 12.3. The van der Waals surface area contributed by atoms with Crippen LogP contribution in [0.15, 0.2) is 47.0 Å². The number of rotatable bonds is 9. The van der Waals surface area contributed by atoms with E-state index in [4.69, 9.17) is 9.26 Å². The average Bonchev–Trinajstić information content (AvgIpc) is 3.23. The molecule has 154 valence electrons. The minimum Gasteiger partial charge on any atom is -0.491 e. The third-order valence-corrected chi connectivity index (χ3v) is 4.70. The first kappa shape index (κ1) is 21.0. The van der Waals surface area contributed by atoms with Crippen LogP contribution in [0.3, 0.4) is 0 Å². The van der Waals surface area contributed by atoms with Crippen molar-refractivity contribution in [2.24, 2.45) is 0 Å². The highest BCUT2D eigenvalue weighted by Gasteiger charge is 2.13.